The molecule has 11 heteroatoms. The molecule has 1 unspecified atom stereocenters. The highest BCUT2D eigenvalue weighted by Crippen LogP contribution is 2.38. The van der Waals surface area contributed by atoms with Crippen LogP contribution >= 0.6 is 0 Å². The van der Waals surface area contributed by atoms with Crippen LogP contribution in [0.15, 0.2) is 40.9 Å². The zero-order chi connectivity index (χ0) is 26.7. The molecular formula is C26H29N5O5S. The molecule has 0 saturated carbocycles. The van der Waals surface area contributed by atoms with E-state index in [1.54, 1.807) is 18.2 Å². The van der Waals surface area contributed by atoms with Crippen molar-refractivity contribution < 1.29 is 22.5 Å². The number of sulfonamides is 1. The fraction of sp³-hybridized carbons (Fsp3) is 0.385. The third-order valence-electron chi connectivity index (χ3n) is 6.13. The average Bonchev–Trinajstić information content (AvgIpc) is 3.50. The molecule has 1 aliphatic rings. The first-order chi connectivity index (χ1) is 17.6. The van der Waals surface area contributed by atoms with Crippen molar-refractivity contribution in [1.29, 1.82) is 5.26 Å². The number of carbonyl (C=O) groups excluding carboxylic acids is 1. The van der Waals surface area contributed by atoms with Gasteiger partial charge in [0.15, 0.2) is 0 Å². The maximum absolute atomic E-state index is 12.3. The Morgan fingerprint density at radius 2 is 2.08 bits per heavy atom. The van der Waals surface area contributed by atoms with Gasteiger partial charge in [0.1, 0.15) is 17.6 Å². The van der Waals surface area contributed by atoms with Gasteiger partial charge in [0.05, 0.1) is 11.7 Å². The molecule has 1 heterocycles. The number of hydrogen-bond acceptors (Lipinski definition) is 8. The Balaban J connectivity index is 1.53. The van der Waals surface area contributed by atoms with Gasteiger partial charge in [-0.3, -0.25) is 4.79 Å². The number of hydrogen-bond donors (Lipinski definition) is 1. The molecule has 10 nitrogen and oxygen atoms in total. The first-order valence-corrected chi connectivity index (χ1v) is 13.6. The second-order valence-electron chi connectivity index (χ2n) is 9.42. The molecular weight excluding hydrogens is 494 g/mol. The molecule has 1 N–H and O–H groups in total. The van der Waals surface area contributed by atoms with Crippen LogP contribution in [0.3, 0.4) is 0 Å². The molecule has 1 aliphatic carbocycles. The predicted molar refractivity (Wildman–Crippen MR) is 137 cm³/mol. The first-order valence-electron chi connectivity index (χ1n) is 11.9. The molecule has 2 aromatic carbocycles. The van der Waals surface area contributed by atoms with Crippen molar-refractivity contribution in [3.63, 3.8) is 0 Å². The smallest absolute Gasteiger partial charge is 0.258 e. The van der Waals surface area contributed by atoms with Gasteiger partial charge in [-0.2, -0.15) is 10.2 Å². The quantitative estimate of drug-likeness (QED) is 0.451. The number of aromatic nitrogens is 2. The van der Waals surface area contributed by atoms with Crippen LogP contribution in [0.4, 0.5) is 0 Å². The van der Waals surface area contributed by atoms with E-state index in [-0.39, 0.29) is 24.5 Å². The standard InChI is InChI=1S/C26H29N5O5S/c1-16(2)35-23-11-9-17(12-19(23)13-27)26-29-25(30-36-26)22-7-5-6-20-18(8-10-21(20)22)14-28-37(33,34)15-24(32)31(3)4/h5-7,9,11-12,16,18,28H,8,10,14-15H2,1-4H3. The molecule has 1 amide bonds. The highest BCUT2D eigenvalue weighted by atomic mass is 32.2. The van der Waals surface area contributed by atoms with Crippen LogP contribution in [0.1, 0.15) is 42.9 Å². The van der Waals surface area contributed by atoms with E-state index < -0.39 is 21.7 Å². The Hall–Kier alpha value is -3.75. The maximum Gasteiger partial charge on any atom is 0.258 e. The lowest BCUT2D eigenvalue weighted by Crippen LogP contribution is -2.37. The summed E-state index contributed by atoms with van der Waals surface area (Å²) in [4.78, 5) is 17.6. The van der Waals surface area contributed by atoms with Crippen molar-refractivity contribution in [3.8, 4) is 34.7 Å². The first kappa shape index (κ1) is 26.3. The second kappa shape index (κ2) is 10.7. The number of ether oxygens (including phenoxy) is 1. The number of nitrogens with zero attached hydrogens (tertiary/aromatic N) is 4. The van der Waals surface area contributed by atoms with E-state index in [9.17, 15) is 18.5 Å². The largest absolute Gasteiger partial charge is 0.490 e. The molecule has 4 rings (SSSR count). The fourth-order valence-electron chi connectivity index (χ4n) is 4.29. The summed E-state index contributed by atoms with van der Waals surface area (Å²) in [7, 11) is -0.689. The van der Waals surface area contributed by atoms with Gasteiger partial charge in [0.2, 0.25) is 21.8 Å². The van der Waals surface area contributed by atoms with Gasteiger partial charge >= 0.3 is 0 Å². The summed E-state index contributed by atoms with van der Waals surface area (Å²) in [5, 5.41) is 13.7. The zero-order valence-electron chi connectivity index (χ0n) is 21.2. The minimum Gasteiger partial charge on any atom is -0.490 e. The topological polar surface area (TPSA) is 138 Å². The third kappa shape index (κ3) is 5.98. The van der Waals surface area contributed by atoms with E-state index in [0.29, 0.717) is 22.7 Å². The van der Waals surface area contributed by atoms with Crippen molar-refractivity contribution in [3.05, 3.63) is 53.1 Å². The van der Waals surface area contributed by atoms with Gasteiger partial charge in [-0.05, 0) is 61.9 Å². The molecule has 194 valence electrons. The molecule has 37 heavy (non-hydrogen) atoms. The lowest BCUT2D eigenvalue weighted by molar-refractivity contribution is -0.125. The van der Waals surface area contributed by atoms with Crippen LogP contribution in [0.2, 0.25) is 0 Å². The van der Waals surface area contributed by atoms with Crippen molar-refractivity contribution in [1.82, 2.24) is 19.8 Å². The van der Waals surface area contributed by atoms with Gasteiger partial charge in [-0.15, -0.1) is 0 Å². The van der Waals surface area contributed by atoms with Crippen molar-refractivity contribution >= 4 is 15.9 Å². The summed E-state index contributed by atoms with van der Waals surface area (Å²) >= 11 is 0. The van der Waals surface area contributed by atoms with Crippen LogP contribution < -0.4 is 9.46 Å². The number of benzene rings is 2. The summed E-state index contributed by atoms with van der Waals surface area (Å²) in [6.07, 6.45) is 1.43. The Kier molecular flexibility index (Phi) is 7.61. The predicted octanol–water partition coefficient (Wildman–Crippen LogP) is 3.10. The van der Waals surface area contributed by atoms with Gasteiger partial charge in [0.25, 0.3) is 5.89 Å². The van der Waals surface area contributed by atoms with E-state index in [2.05, 4.69) is 20.9 Å². The van der Waals surface area contributed by atoms with Crippen molar-refractivity contribution in [2.75, 3.05) is 26.4 Å². The van der Waals surface area contributed by atoms with Crippen LogP contribution in [0.5, 0.6) is 5.75 Å². The number of nitrogens with one attached hydrogen (secondary N) is 1. The SMILES string of the molecule is CC(C)Oc1ccc(-c2nc(-c3cccc4c3CCC4CNS(=O)(=O)CC(=O)N(C)C)no2)cc1C#N. The fourth-order valence-corrected chi connectivity index (χ4v) is 5.43. The van der Waals surface area contributed by atoms with Crippen LogP contribution in [0, 0.1) is 11.3 Å². The zero-order valence-corrected chi connectivity index (χ0v) is 22.0. The summed E-state index contributed by atoms with van der Waals surface area (Å²) in [6.45, 7) is 3.99. The van der Waals surface area contributed by atoms with Crippen LogP contribution in [-0.2, 0) is 21.2 Å². The van der Waals surface area contributed by atoms with E-state index in [4.69, 9.17) is 9.26 Å². The number of nitriles is 1. The van der Waals surface area contributed by atoms with E-state index >= 15 is 0 Å². The Morgan fingerprint density at radius 3 is 2.78 bits per heavy atom. The lowest BCUT2D eigenvalue weighted by Gasteiger charge is -2.15. The van der Waals surface area contributed by atoms with E-state index in [0.717, 1.165) is 29.5 Å². The number of fused-ring (bicyclic) bond motifs is 1. The van der Waals surface area contributed by atoms with Crippen LogP contribution in [0.25, 0.3) is 22.8 Å². The van der Waals surface area contributed by atoms with E-state index in [1.807, 2.05) is 32.0 Å². The molecule has 3 aromatic rings. The molecule has 1 atom stereocenters. The van der Waals surface area contributed by atoms with Gasteiger partial charge in [-0.25, -0.2) is 13.1 Å². The molecule has 0 saturated heterocycles. The number of amides is 1. The van der Waals surface area contributed by atoms with Crippen molar-refractivity contribution in [2.24, 2.45) is 0 Å². The van der Waals surface area contributed by atoms with Gasteiger partial charge in [0, 0.05) is 31.8 Å². The summed E-state index contributed by atoms with van der Waals surface area (Å²) in [6, 6.07) is 13.1. The Bertz CT molecular complexity index is 1460. The molecule has 0 spiro atoms. The summed E-state index contributed by atoms with van der Waals surface area (Å²) in [5.41, 5.74) is 3.87. The minimum atomic E-state index is -3.73. The minimum absolute atomic E-state index is 0.0303. The highest BCUT2D eigenvalue weighted by Gasteiger charge is 2.28. The number of rotatable bonds is 9. The van der Waals surface area contributed by atoms with Gasteiger partial charge in [-0.1, -0.05) is 23.4 Å². The maximum atomic E-state index is 12.3. The molecule has 0 radical (unpaired) electrons. The normalized spacial score (nSPS) is 14.9. The summed E-state index contributed by atoms with van der Waals surface area (Å²) < 4.78 is 38.5. The van der Waals surface area contributed by atoms with Crippen molar-refractivity contribution in [2.45, 2.75) is 38.7 Å². The third-order valence-corrected chi connectivity index (χ3v) is 7.37. The summed E-state index contributed by atoms with van der Waals surface area (Å²) in [5.74, 6) is 0.118. The molecule has 1 aromatic heterocycles. The molecule has 0 bridgehead atoms. The average molecular weight is 524 g/mol. The van der Waals surface area contributed by atoms with Gasteiger partial charge < -0.3 is 14.2 Å². The Labute approximate surface area is 216 Å². The second-order valence-corrected chi connectivity index (χ2v) is 11.2. The lowest BCUT2D eigenvalue weighted by atomic mass is 9.98. The monoisotopic (exact) mass is 523 g/mol. The van der Waals surface area contributed by atoms with Crippen LogP contribution in [-0.4, -0.2) is 61.9 Å². The number of carbonyl (C=O) groups is 1. The highest BCUT2D eigenvalue weighted by molar-refractivity contribution is 7.90. The van der Waals surface area contributed by atoms with E-state index in [1.165, 1.54) is 19.0 Å². The Morgan fingerprint density at radius 1 is 1.30 bits per heavy atom. The molecule has 0 fully saturated rings. The molecule has 0 aliphatic heterocycles.